The van der Waals surface area contributed by atoms with Gasteiger partial charge in [0, 0.05) is 6.92 Å². The number of ether oxygens (including phenoxy) is 5. The van der Waals surface area contributed by atoms with Crippen molar-refractivity contribution in [3.63, 3.8) is 0 Å². The standard InChI is InChI=1S/C21H28N2O8/c1-13(24)22-17-15(29-19-18(17)30-21(2,3)31-19)10-23(11-16(25)27-4)20(26)28-12-14-8-6-5-7-9-14/h5-9,15,17-19H,10-12H2,1-4H3,(H,22,24)/t15-,17+,18-,19-/m1/s1. The number of carbonyl (C=O) groups excluding carboxylic acids is 3. The number of rotatable bonds is 7. The second-order valence-corrected chi connectivity index (χ2v) is 7.87. The molecule has 0 aromatic heterocycles. The first-order chi connectivity index (χ1) is 14.7. The predicted octanol–water partition coefficient (Wildman–Crippen LogP) is 1.18. The summed E-state index contributed by atoms with van der Waals surface area (Å²) in [4.78, 5) is 37.5. The van der Waals surface area contributed by atoms with Crippen LogP contribution in [-0.2, 0) is 39.9 Å². The van der Waals surface area contributed by atoms with Gasteiger partial charge in [-0.3, -0.25) is 14.5 Å². The quantitative estimate of drug-likeness (QED) is 0.634. The fourth-order valence-corrected chi connectivity index (χ4v) is 3.59. The fraction of sp³-hybridized carbons (Fsp3) is 0.571. The van der Waals surface area contributed by atoms with E-state index in [1.54, 1.807) is 13.8 Å². The Morgan fingerprint density at radius 3 is 2.52 bits per heavy atom. The maximum Gasteiger partial charge on any atom is 0.410 e. The van der Waals surface area contributed by atoms with Crippen molar-refractivity contribution in [3.05, 3.63) is 35.9 Å². The molecule has 170 valence electrons. The Bertz CT molecular complexity index is 800. The molecule has 2 heterocycles. The molecule has 0 saturated carbocycles. The molecule has 2 saturated heterocycles. The normalized spacial score (nSPS) is 26.1. The summed E-state index contributed by atoms with van der Waals surface area (Å²) in [5.41, 5.74) is 0.806. The monoisotopic (exact) mass is 436 g/mol. The summed E-state index contributed by atoms with van der Waals surface area (Å²) in [6, 6.07) is 8.59. The number of benzene rings is 1. The molecule has 4 atom stereocenters. The number of carbonyl (C=O) groups is 3. The fourth-order valence-electron chi connectivity index (χ4n) is 3.59. The SMILES string of the molecule is COC(=O)CN(C[C@H]1O[C@@H]2OC(C)(C)O[C@@H]2[C@H]1NC(C)=O)C(=O)OCc1ccccc1. The van der Waals surface area contributed by atoms with Crippen LogP contribution in [0.5, 0.6) is 0 Å². The second kappa shape index (κ2) is 9.63. The number of methoxy groups -OCH3 is 1. The zero-order chi connectivity index (χ0) is 22.6. The molecule has 2 amide bonds. The van der Waals surface area contributed by atoms with Crippen molar-refractivity contribution >= 4 is 18.0 Å². The highest BCUT2D eigenvalue weighted by atomic mass is 16.8. The third-order valence-electron chi connectivity index (χ3n) is 4.93. The Balaban J connectivity index is 1.70. The van der Waals surface area contributed by atoms with Crippen LogP contribution in [0.15, 0.2) is 30.3 Å². The Morgan fingerprint density at radius 2 is 1.87 bits per heavy atom. The van der Waals surface area contributed by atoms with Crippen LogP contribution in [0.1, 0.15) is 26.3 Å². The molecule has 0 unspecified atom stereocenters. The average Bonchev–Trinajstić information content (AvgIpc) is 3.17. The van der Waals surface area contributed by atoms with Crippen LogP contribution in [0, 0.1) is 0 Å². The molecule has 10 nitrogen and oxygen atoms in total. The summed E-state index contributed by atoms with van der Waals surface area (Å²) >= 11 is 0. The molecule has 0 aliphatic carbocycles. The summed E-state index contributed by atoms with van der Waals surface area (Å²) in [7, 11) is 1.23. The van der Waals surface area contributed by atoms with E-state index in [0.717, 1.165) is 5.56 Å². The van der Waals surface area contributed by atoms with Gasteiger partial charge in [0.25, 0.3) is 0 Å². The molecule has 1 N–H and O–H groups in total. The smallest absolute Gasteiger partial charge is 0.410 e. The predicted molar refractivity (Wildman–Crippen MR) is 107 cm³/mol. The molecule has 0 radical (unpaired) electrons. The minimum atomic E-state index is -0.864. The molecule has 2 aliphatic rings. The van der Waals surface area contributed by atoms with Crippen LogP contribution in [0.25, 0.3) is 0 Å². The van der Waals surface area contributed by atoms with Gasteiger partial charge in [-0.1, -0.05) is 30.3 Å². The Kier molecular flexibility index (Phi) is 7.14. The third kappa shape index (κ3) is 5.93. The number of nitrogens with one attached hydrogen (secondary N) is 1. The highest BCUT2D eigenvalue weighted by Crippen LogP contribution is 2.37. The molecular formula is C21H28N2O8. The van der Waals surface area contributed by atoms with Gasteiger partial charge in [-0.2, -0.15) is 0 Å². The van der Waals surface area contributed by atoms with Gasteiger partial charge in [0.1, 0.15) is 25.4 Å². The van der Waals surface area contributed by atoms with E-state index < -0.39 is 42.4 Å². The third-order valence-corrected chi connectivity index (χ3v) is 4.93. The number of hydrogen-bond acceptors (Lipinski definition) is 8. The molecule has 0 spiro atoms. The molecule has 1 aromatic carbocycles. The van der Waals surface area contributed by atoms with E-state index in [1.807, 2.05) is 30.3 Å². The van der Waals surface area contributed by atoms with E-state index in [0.29, 0.717) is 0 Å². The summed E-state index contributed by atoms with van der Waals surface area (Å²) < 4.78 is 27.6. The van der Waals surface area contributed by atoms with Crippen LogP contribution >= 0.6 is 0 Å². The van der Waals surface area contributed by atoms with Crippen molar-refractivity contribution in [1.82, 2.24) is 10.2 Å². The zero-order valence-corrected chi connectivity index (χ0v) is 18.0. The number of hydrogen-bond donors (Lipinski definition) is 1. The zero-order valence-electron chi connectivity index (χ0n) is 18.0. The highest BCUT2D eigenvalue weighted by Gasteiger charge is 2.55. The van der Waals surface area contributed by atoms with Gasteiger partial charge in [-0.25, -0.2) is 4.79 Å². The summed E-state index contributed by atoms with van der Waals surface area (Å²) in [6.07, 6.45) is -2.65. The van der Waals surface area contributed by atoms with Gasteiger partial charge in [-0.15, -0.1) is 0 Å². The first-order valence-corrected chi connectivity index (χ1v) is 9.99. The van der Waals surface area contributed by atoms with Crippen molar-refractivity contribution < 1.29 is 38.1 Å². The van der Waals surface area contributed by atoms with Gasteiger partial charge in [-0.05, 0) is 19.4 Å². The topological polar surface area (TPSA) is 113 Å². The Labute approximate surface area is 180 Å². The first kappa shape index (κ1) is 23.0. The molecule has 0 bridgehead atoms. The first-order valence-electron chi connectivity index (χ1n) is 9.99. The minimum absolute atomic E-state index is 0.0339. The van der Waals surface area contributed by atoms with Crippen molar-refractivity contribution in [2.45, 2.75) is 57.7 Å². The van der Waals surface area contributed by atoms with Crippen molar-refractivity contribution in [1.29, 1.82) is 0 Å². The Hall–Kier alpha value is -2.69. The lowest BCUT2D eigenvalue weighted by Crippen LogP contribution is -2.52. The van der Waals surface area contributed by atoms with E-state index in [9.17, 15) is 14.4 Å². The maximum absolute atomic E-state index is 12.7. The lowest BCUT2D eigenvalue weighted by Gasteiger charge is -2.29. The highest BCUT2D eigenvalue weighted by molar-refractivity contribution is 5.78. The van der Waals surface area contributed by atoms with E-state index in [2.05, 4.69) is 5.32 Å². The van der Waals surface area contributed by atoms with Crippen LogP contribution in [0.3, 0.4) is 0 Å². The lowest BCUT2D eigenvalue weighted by molar-refractivity contribution is -0.208. The number of fused-ring (bicyclic) bond motifs is 1. The number of nitrogens with zero attached hydrogens (tertiary/aromatic N) is 1. The van der Waals surface area contributed by atoms with Crippen LogP contribution < -0.4 is 5.32 Å². The molecule has 10 heteroatoms. The van der Waals surface area contributed by atoms with Crippen molar-refractivity contribution in [2.75, 3.05) is 20.2 Å². The maximum atomic E-state index is 12.7. The molecular weight excluding hydrogens is 408 g/mol. The van der Waals surface area contributed by atoms with E-state index in [-0.39, 0.29) is 25.6 Å². The molecule has 31 heavy (non-hydrogen) atoms. The average molecular weight is 436 g/mol. The van der Waals surface area contributed by atoms with E-state index >= 15 is 0 Å². The van der Waals surface area contributed by atoms with E-state index in [4.69, 9.17) is 23.7 Å². The summed E-state index contributed by atoms with van der Waals surface area (Å²) in [5.74, 6) is -1.75. The van der Waals surface area contributed by atoms with Crippen molar-refractivity contribution in [3.8, 4) is 0 Å². The number of amides is 2. The number of esters is 1. The van der Waals surface area contributed by atoms with Crippen LogP contribution in [-0.4, -0.2) is 73.4 Å². The summed E-state index contributed by atoms with van der Waals surface area (Å²) in [5, 5.41) is 2.81. The van der Waals surface area contributed by atoms with Gasteiger partial charge < -0.3 is 29.0 Å². The van der Waals surface area contributed by atoms with Gasteiger partial charge >= 0.3 is 12.1 Å². The summed E-state index contributed by atoms with van der Waals surface area (Å²) in [6.45, 7) is 4.56. The largest absolute Gasteiger partial charge is 0.468 e. The molecule has 2 aliphatic heterocycles. The van der Waals surface area contributed by atoms with Crippen LogP contribution in [0.2, 0.25) is 0 Å². The minimum Gasteiger partial charge on any atom is -0.468 e. The van der Waals surface area contributed by atoms with Crippen LogP contribution in [0.4, 0.5) is 4.79 Å². The molecule has 3 rings (SSSR count). The van der Waals surface area contributed by atoms with Gasteiger partial charge in [0.05, 0.1) is 19.7 Å². The lowest BCUT2D eigenvalue weighted by atomic mass is 10.1. The molecule has 1 aromatic rings. The van der Waals surface area contributed by atoms with Gasteiger partial charge in [0.15, 0.2) is 12.1 Å². The second-order valence-electron chi connectivity index (χ2n) is 7.87. The Morgan fingerprint density at radius 1 is 1.16 bits per heavy atom. The van der Waals surface area contributed by atoms with Gasteiger partial charge in [0.2, 0.25) is 5.91 Å². The molecule has 2 fully saturated rings. The van der Waals surface area contributed by atoms with E-state index in [1.165, 1.54) is 18.9 Å². The van der Waals surface area contributed by atoms with Crippen molar-refractivity contribution in [2.24, 2.45) is 0 Å².